The number of nitrogens with zero attached hydrogens (tertiary/aromatic N) is 4. The molecule has 0 radical (unpaired) electrons. The van der Waals surface area contributed by atoms with Crippen LogP contribution in [0.4, 0.5) is 4.79 Å². The molecule has 0 saturated carbocycles. The van der Waals surface area contributed by atoms with Crippen molar-refractivity contribution in [3.05, 3.63) is 12.4 Å². The van der Waals surface area contributed by atoms with Gasteiger partial charge in [-0.15, -0.1) is 0 Å². The van der Waals surface area contributed by atoms with Gasteiger partial charge in [-0.25, -0.2) is 4.79 Å². The summed E-state index contributed by atoms with van der Waals surface area (Å²) in [6, 6.07) is 0. The molecule has 0 bridgehead atoms. The van der Waals surface area contributed by atoms with E-state index in [1.807, 2.05) is 25.7 Å². The Labute approximate surface area is 177 Å². The molecule has 3 rings (SSSR count). The summed E-state index contributed by atoms with van der Waals surface area (Å²) in [4.78, 5) is 37.3. The largest absolute Gasteiger partial charge is 0.480 e. The molecule has 166 valence electrons. The summed E-state index contributed by atoms with van der Waals surface area (Å²) in [5.41, 5.74) is -0.547. The topological polar surface area (TPSA) is 94.1 Å². The molecule has 2 amide bonds. The van der Waals surface area contributed by atoms with Gasteiger partial charge >= 0.3 is 6.09 Å². The summed E-state index contributed by atoms with van der Waals surface area (Å²) >= 11 is 0. The lowest BCUT2D eigenvalue weighted by molar-refractivity contribution is -0.139. The first-order chi connectivity index (χ1) is 14.2. The van der Waals surface area contributed by atoms with Crippen LogP contribution in [0.5, 0.6) is 11.8 Å². The fourth-order valence-electron chi connectivity index (χ4n) is 3.82. The van der Waals surface area contributed by atoms with Crippen molar-refractivity contribution in [2.24, 2.45) is 5.92 Å². The molecule has 2 fully saturated rings. The normalized spacial score (nSPS) is 22.4. The molecule has 0 spiro atoms. The van der Waals surface area contributed by atoms with E-state index in [1.165, 1.54) is 13.3 Å². The van der Waals surface area contributed by atoms with E-state index in [9.17, 15) is 9.59 Å². The van der Waals surface area contributed by atoms with Crippen molar-refractivity contribution in [2.75, 3.05) is 33.3 Å². The second-order valence-corrected chi connectivity index (χ2v) is 8.83. The molecular weight excluding hydrogens is 388 g/mol. The van der Waals surface area contributed by atoms with Gasteiger partial charge in [0.25, 0.3) is 0 Å². The third-order valence-electron chi connectivity index (χ3n) is 5.20. The molecule has 1 aromatic rings. The Hall–Kier alpha value is -2.58. The van der Waals surface area contributed by atoms with Crippen molar-refractivity contribution >= 4 is 12.0 Å². The quantitative estimate of drug-likeness (QED) is 0.739. The highest BCUT2D eigenvalue weighted by Gasteiger charge is 2.35. The van der Waals surface area contributed by atoms with E-state index in [1.54, 1.807) is 11.1 Å². The van der Waals surface area contributed by atoms with Crippen molar-refractivity contribution in [1.82, 2.24) is 19.8 Å². The van der Waals surface area contributed by atoms with Crippen molar-refractivity contribution in [1.29, 1.82) is 0 Å². The lowest BCUT2D eigenvalue weighted by Gasteiger charge is -2.38. The highest BCUT2D eigenvalue weighted by atomic mass is 16.6. The lowest BCUT2D eigenvalue weighted by Crippen LogP contribution is -2.51. The van der Waals surface area contributed by atoms with Crippen molar-refractivity contribution in [2.45, 2.75) is 58.2 Å². The molecule has 0 N–H and O–H groups in total. The molecule has 3 heterocycles. The highest BCUT2D eigenvalue weighted by molar-refractivity contribution is 5.80. The third-order valence-corrected chi connectivity index (χ3v) is 5.20. The van der Waals surface area contributed by atoms with E-state index in [2.05, 4.69) is 9.97 Å². The average Bonchev–Trinajstić information content (AvgIpc) is 2.72. The van der Waals surface area contributed by atoms with E-state index < -0.39 is 5.60 Å². The van der Waals surface area contributed by atoms with E-state index in [0.29, 0.717) is 37.9 Å². The Kier molecular flexibility index (Phi) is 6.99. The number of carbonyl (C=O) groups is 2. The van der Waals surface area contributed by atoms with Gasteiger partial charge in [-0.05, 0) is 46.5 Å². The summed E-state index contributed by atoms with van der Waals surface area (Å²) in [6.07, 6.45) is 5.84. The Morgan fingerprint density at radius 3 is 2.47 bits per heavy atom. The second kappa shape index (κ2) is 9.49. The number of piperidine rings is 2. The molecule has 0 aliphatic carbocycles. The van der Waals surface area contributed by atoms with Crippen molar-refractivity contribution in [3.8, 4) is 11.8 Å². The van der Waals surface area contributed by atoms with Crippen LogP contribution < -0.4 is 9.47 Å². The number of ether oxygens (including phenoxy) is 3. The van der Waals surface area contributed by atoms with Gasteiger partial charge in [0.15, 0.2) is 0 Å². The Bertz CT molecular complexity index is 751. The first-order valence-electron chi connectivity index (χ1n) is 10.5. The number of amides is 2. The van der Waals surface area contributed by atoms with E-state index in [-0.39, 0.29) is 24.0 Å². The number of hydrogen-bond acceptors (Lipinski definition) is 7. The minimum absolute atomic E-state index is 0.0771. The van der Waals surface area contributed by atoms with Gasteiger partial charge in [-0.2, -0.15) is 4.98 Å². The van der Waals surface area contributed by atoms with Crippen LogP contribution in [-0.2, 0) is 9.53 Å². The number of likely N-dealkylation sites (tertiary alicyclic amines) is 2. The van der Waals surface area contributed by atoms with E-state index >= 15 is 0 Å². The maximum atomic E-state index is 13.1. The minimum atomic E-state index is -0.547. The van der Waals surface area contributed by atoms with Gasteiger partial charge < -0.3 is 24.0 Å². The SMILES string of the molecule is COc1cncc(OC2CCCN(C(=O)C3CCCN(C(=O)OC(C)(C)C)C3)C2)n1. The molecule has 2 aliphatic heterocycles. The Morgan fingerprint density at radius 1 is 1.03 bits per heavy atom. The smallest absolute Gasteiger partial charge is 0.410 e. The third kappa shape index (κ3) is 5.96. The first kappa shape index (κ1) is 22.1. The van der Waals surface area contributed by atoms with Gasteiger partial charge in [0.2, 0.25) is 17.7 Å². The molecule has 9 heteroatoms. The predicted octanol–water partition coefficient (Wildman–Crippen LogP) is 2.50. The number of carbonyl (C=O) groups excluding carboxylic acids is 2. The maximum absolute atomic E-state index is 13.1. The molecule has 2 unspecified atom stereocenters. The summed E-state index contributed by atoms with van der Waals surface area (Å²) in [5, 5.41) is 0. The van der Waals surface area contributed by atoms with E-state index in [4.69, 9.17) is 14.2 Å². The van der Waals surface area contributed by atoms with Crippen LogP contribution in [0.1, 0.15) is 46.5 Å². The molecular formula is C21H32N4O5. The number of aromatic nitrogens is 2. The van der Waals surface area contributed by atoms with Crippen LogP contribution in [-0.4, -0.2) is 76.8 Å². The second-order valence-electron chi connectivity index (χ2n) is 8.83. The molecule has 30 heavy (non-hydrogen) atoms. The number of hydrogen-bond donors (Lipinski definition) is 0. The Balaban J connectivity index is 1.57. The van der Waals surface area contributed by atoms with Crippen molar-refractivity contribution < 1.29 is 23.8 Å². The van der Waals surface area contributed by atoms with Crippen LogP contribution in [0, 0.1) is 5.92 Å². The molecule has 0 aromatic carbocycles. The standard InChI is InChI=1S/C21H32N4O5/c1-21(2,3)30-20(27)25-10-5-7-15(13-25)19(26)24-9-6-8-16(14-24)29-18-12-22-11-17(23-18)28-4/h11-12,15-16H,5-10,13-14H2,1-4H3. The van der Waals surface area contributed by atoms with Crippen molar-refractivity contribution in [3.63, 3.8) is 0 Å². The monoisotopic (exact) mass is 420 g/mol. The van der Waals surface area contributed by atoms with Crippen LogP contribution >= 0.6 is 0 Å². The minimum Gasteiger partial charge on any atom is -0.480 e. The van der Waals surface area contributed by atoms with Crippen LogP contribution in [0.3, 0.4) is 0 Å². The van der Waals surface area contributed by atoms with Gasteiger partial charge in [0, 0.05) is 19.6 Å². The molecule has 9 nitrogen and oxygen atoms in total. The first-order valence-corrected chi connectivity index (χ1v) is 10.5. The van der Waals surface area contributed by atoms with E-state index in [0.717, 1.165) is 25.7 Å². The number of rotatable bonds is 4. The zero-order chi connectivity index (χ0) is 21.7. The maximum Gasteiger partial charge on any atom is 0.410 e. The molecule has 2 saturated heterocycles. The fraction of sp³-hybridized carbons (Fsp3) is 0.714. The molecule has 2 aliphatic rings. The molecule has 2 atom stereocenters. The highest BCUT2D eigenvalue weighted by Crippen LogP contribution is 2.24. The Morgan fingerprint density at radius 2 is 1.73 bits per heavy atom. The van der Waals surface area contributed by atoms with Gasteiger partial charge in [-0.1, -0.05) is 0 Å². The predicted molar refractivity (Wildman–Crippen MR) is 109 cm³/mol. The zero-order valence-electron chi connectivity index (χ0n) is 18.3. The zero-order valence-corrected chi connectivity index (χ0v) is 18.3. The lowest BCUT2D eigenvalue weighted by atomic mass is 9.95. The summed E-state index contributed by atoms with van der Waals surface area (Å²) in [6.45, 7) is 7.76. The van der Waals surface area contributed by atoms with Crippen LogP contribution in [0.15, 0.2) is 12.4 Å². The summed E-state index contributed by atoms with van der Waals surface area (Å²) < 4.78 is 16.5. The average molecular weight is 421 g/mol. The van der Waals surface area contributed by atoms with Crippen LogP contribution in [0.2, 0.25) is 0 Å². The van der Waals surface area contributed by atoms with Gasteiger partial charge in [-0.3, -0.25) is 9.78 Å². The summed E-state index contributed by atoms with van der Waals surface area (Å²) in [5.74, 6) is 0.651. The van der Waals surface area contributed by atoms with Crippen LogP contribution in [0.25, 0.3) is 0 Å². The number of methoxy groups -OCH3 is 1. The van der Waals surface area contributed by atoms with Gasteiger partial charge in [0.05, 0.1) is 32.0 Å². The summed E-state index contributed by atoms with van der Waals surface area (Å²) in [7, 11) is 1.53. The fourth-order valence-corrected chi connectivity index (χ4v) is 3.82. The molecule has 1 aromatic heterocycles. The van der Waals surface area contributed by atoms with Gasteiger partial charge in [0.1, 0.15) is 11.7 Å².